The Balaban J connectivity index is 2.78. The fraction of sp³-hybridized carbons (Fsp3) is 0.500. The van der Waals surface area contributed by atoms with E-state index < -0.39 is 12.6 Å². The van der Waals surface area contributed by atoms with Crippen molar-refractivity contribution in [1.29, 1.82) is 5.26 Å². The van der Waals surface area contributed by atoms with Crippen LogP contribution in [0.25, 0.3) is 0 Å². The van der Waals surface area contributed by atoms with E-state index in [9.17, 15) is 14.7 Å². The molecule has 1 aromatic rings. The fourth-order valence-electron chi connectivity index (χ4n) is 1.40. The molecule has 2 N–H and O–H groups in total. The smallest absolute Gasteiger partial charge is 0.300 e. The van der Waals surface area contributed by atoms with Gasteiger partial charge in [0.05, 0.1) is 11.5 Å². The van der Waals surface area contributed by atoms with Crippen LogP contribution in [0.3, 0.4) is 0 Å². The number of nitrogens with zero attached hydrogens (tertiary/aromatic N) is 2. The average Bonchev–Trinajstić information content (AvgIpc) is 2.93. The maximum atomic E-state index is 12.4. The standard InChI is InChI=1S/C10H13Cl2N4O4PS/c11-1-3-14-21(19,15-4-2-12)20-7-9-5-8(6-13)10(22-9)16(17)18/h5H,1-4,7H2,(H2,14,15,19). The van der Waals surface area contributed by atoms with Crippen LogP contribution in [-0.2, 0) is 15.7 Å². The number of hydrogen-bond donors (Lipinski definition) is 2. The summed E-state index contributed by atoms with van der Waals surface area (Å²) in [6, 6.07) is 3.08. The molecule has 0 aromatic carbocycles. The summed E-state index contributed by atoms with van der Waals surface area (Å²) < 4.78 is 17.8. The Bertz CT molecular complexity index is 594. The number of nitrogens with one attached hydrogen (secondary N) is 2. The maximum absolute atomic E-state index is 12.4. The van der Waals surface area contributed by atoms with E-state index in [4.69, 9.17) is 33.0 Å². The first-order chi connectivity index (χ1) is 10.5. The zero-order chi connectivity index (χ0) is 16.6. The molecule has 0 aliphatic carbocycles. The molecule has 0 spiro atoms. The van der Waals surface area contributed by atoms with Crippen molar-refractivity contribution in [2.24, 2.45) is 0 Å². The van der Waals surface area contributed by atoms with Crippen LogP contribution in [0.1, 0.15) is 10.4 Å². The SMILES string of the molecule is N#Cc1cc(COP(=O)(NCCCl)NCCCl)sc1[N+](=O)[O-]. The molecule has 0 atom stereocenters. The summed E-state index contributed by atoms with van der Waals surface area (Å²) >= 11 is 11.9. The fourth-order valence-corrected chi connectivity index (χ4v) is 4.20. The lowest BCUT2D eigenvalue weighted by Crippen LogP contribution is -2.26. The van der Waals surface area contributed by atoms with Gasteiger partial charge in [0.15, 0.2) is 0 Å². The van der Waals surface area contributed by atoms with Gasteiger partial charge in [-0.3, -0.25) is 14.7 Å². The van der Waals surface area contributed by atoms with Crippen molar-refractivity contribution in [3.05, 3.63) is 26.6 Å². The zero-order valence-electron chi connectivity index (χ0n) is 11.3. The number of halogens is 2. The van der Waals surface area contributed by atoms with Crippen molar-refractivity contribution in [1.82, 2.24) is 10.2 Å². The first-order valence-corrected chi connectivity index (χ1v) is 9.50. The number of nitro groups is 1. The van der Waals surface area contributed by atoms with Crippen molar-refractivity contribution < 1.29 is 14.0 Å². The van der Waals surface area contributed by atoms with Crippen molar-refractivity contribution in [2.45, 2.75) is 6.61 Å². The lowest BCUT2D eigenvalue weighted by atomic mass is 10.3. The summed E-state index contributed by atoms with van der Waals surface area (Å²) in [5, 5.41) is 24.7. The van der Waals surface area contributed by atoms with Crippen LogP contribution in [0.2, 0.25) is 0 Å². The van der Waals surface area contributed by atoms with Gasteiger partial charge < -0.3 is 4.52 Å². The van der Waals surface area contributed by atoms with Gasteiger partial charge in [0.25, 0.3) is 0 Å². The lowest BCUT2D eigenvalue weighted by molar-refractivity contribution is -0.380. The molecule has 0 saturated carbocycles. The van der Waals surface area contributed by atoms with E-state index in [0.717, 1.165) is 11.3 Å². The van der Waals surface area contributed by atoms with Gasteiger partial charge in [-0.1, -0.05) is 11.3 Å². The maximum Gasteiger partial charge on any atom is 0.342 e. The molecule has 0 fully saturated rings. The molecular weight excluding hydrogens is 374 g/mol. The monoisotopic (exact) mass is 386 g/mol. The van der Waals surface area contributed by atoms with Gasteiger partial charge in [-0.05, 0) is 6.07 Å². The minimum absolute atomic E-state index is 0.0501. The van der Waals surface area contributed by atoms with E-state index in [1.807, 2.05) is 0 Å². The number of thiophene rings is 1. The van der Waals surface area contributed by atoms with E-state index in [2.05, 4.69) is 10.2 Å². The first-order valence-electron chi connectivity index (χ1n) is 5.99. The highest BCUT2D eigenvalue weighted by Gasteiger charge is 2.24. The van der Waals surface area contributed by atoms with Gasteiger partial charge in [-0.25, -0.2) is 10.2 Å². The third kappa shape index (κ3) is 5.82. The first kappa shape index (κ1) is 19.3. The van der Waals surface area contributed by atoms with Crippen LogP contribution in [0.5, 0.6) is 0 Å². The predicted octanol–water partition coefficient (Wildman–Crippen LogP) is 2.81. The average molecular weight is 387 g/mol. The normalized spacial score (nSPS) is 11.3. The Labute approximate surface area is 141 Å². The van der Waals surface area contributed by atoms with Gasteiger partial charge in [0.1, 0.15) is 11.6 Å². The van der Waals surface area contributed by atoms with E-state index in [0.29, 0.717) is 4.88 Å². The van der Waals surface area contributed by atoms with Crippen LogP contribution in [0.15, 0.2) is 6.07 Å². The molecule has 1 aromatic heterocycles. The molecular formula is C10H13Cl2N4O4PS. The van der Waals surface area contributed by atoms with Gasteiger partial charge >= 0.3 is 12.7 Å². The topological polar surface area (TPSA) is 117 Å². The molecule has 12 heteroatoms. The van der Waals surface area contributed by atoms with E-state index in [1.54, 1.807) is 6.07 Å². The number of nitriles is 1. The molecule has 0 saturated heterocycles. The van der Waals surface area contributed by atoms with Crippen molar-refractivity contribution in [3.63, 3.8) is 0 Å². The predicted molar refractivity (Wildman–Crippen MR) is 85.5 cm³/mol. The Morgan fingerprint density at radius 2 is 2.00 bits per heavy atom. The third-order valence-electron chi connectivity index (χ3n) is 2.27. The molecule has 8 nitrogen and oxygen atoms in total. The Morgan fingerprint density at radius 1 is 1.41 bits per heavy atom. The minimum atomic E-state index is -3.37. The highest BCUT2D eigenvalue weighted by Crippen LogP contribution is 2.40. The van der Waals surface area contributed by atoms with Crippen molar-refractivity contribution in [3.8, 4) is 6.07 Å². The lowest BCUT2D eigenvalue weighted by Gasteiger charge is -2.19. The van der Waals surface area contributed by atoms with Crippen LogP contribution >= 0.6 is 42.2 Å². The number of hydrogen-bond acceptors (Lipinski definition) is 6. The summed E-state index contributed by atoms with van der Waals surface area (Å²) in [6.45, 7) is 0.360. The van der Waals surface area contributed by atoms with Gasteiger partial charge in [-0.2, -0.15) is 5.26 Å². The highest BCUT2D eigenvalue weighted by molar-refractivity contribution is 7.54. The summed E-state index contributed by atoms with van der Waals surface area (Å²) in [7, 11) is -3.37. The molecule has 1 heterocycles. The van der Waals surface area contributed by atoms with Crippen molar-refractivity contribution >= 4 is 47.2 Å². The third-order valence-corrected chi connectivity index (χ3v) is 5.48. The molecule has 0 aliphatic heterocycles. The molecule has 22 heavy (non-hydrogen) atoms. The van der Waals surface area contributed by atoms with E-state index >= 15 is 0 Å². The van der Waals surface area contributed by atoms with Crippen LogP contribution in [-0.4, -0.2) is 29.8 Å². The second-order valence-corrected chi connectivity index (χ2v) is 7.68. The van der Waals surface area contributed by atoms with Crippen LogP contribution in [0, 0.1) is 21.4 Å². The second kappa shape index (κ2) is 9.43. The molecule has 1 rings (SSSR count). The molecule has 0 amide bonds. The number of alkyl halides is 2. The largest absolute Gasteiger partial charge is 0.342 e. The Hall–Kier alpha value is -0.720. The summed E-state index contributed by atoms with van der Waals surface area (Å²) in [4.78, 5) is 10.6. The molecule has 0 radical (unpaired) electrons. The van der Waals surface area contributed by atoms with E-state index in [1.165, 1.54) is 6.07 Å². The zero-order valence-corrected chi connectivity index (χ0v) is 14.5. The Kier molecular flexibility index (Phi) is 8.28. The quantitative estimate of drug-likeness (QED) is 0.274. The summed E-state index contributed by atoms with van der Waals surface area (Å²) in [6.07, 6.45) is 0. The minimum Gasteiger partial charge on any atom is -0.300 e. The highest BCUT2D eigenvalue weighted by atomic mass is 35.5. The van der Waals surface area contributed by atoms with Gasteiger partial charge in [0, 0.05) is 29.7 Å². The van der Waals surface area contributed by atoms with Crippen LogP contribution < -0.4 is 10.2 Å². The number of rotatable bonds is 10. The summed E-state index contributed by atoms with van der Waals surface area (Å²) in [5.41, 5.74) is -0.0501. The van der Waals surface area contributed by atoms with Gasteiger partial charge in [0.2, 0.25) is 0 Å². The Morgan fingerprint density at radius 3 is 2.41 bits per heavy atom. The van der Waals surface area contributed by atoms with E-state index in [-0.39, 0.29) is 42.0 Å². The molecule has 122 valence electrons. The molecule has 0 unspecified atom stereocenters. The molecule has 0 bridgehead atoms. The second-order valence-electron chi connectivity index (χ2n) is 3.82. The van der Waals surface area contributed by atoms with Crippen LogP contribution in [0.4, 0.5) is 5.00 Å². The van der Waals surface area contributed by atoms with Crippen molar-refractivity contribution in [2.75, 3.05) is 24.8 Å². The molecule has 0 aliphatic rings. The van der Waals surface area contributed by atoms with Gasteiger partial charge in [-0.15, -0.1) is 23.2 Å². The summed E-state index contributed by atoms with van der Waals surface area (Å²) in [5.74, 6) is 0.470.